The lowest BCUT2D eigenvalue weighted by Gasteiger charge is -2.55. The summed E-state index contributed by atoms with van der Waals surface area (Å²) in [6, 6.07) is 7.94. The van der Waals surface area contributed by atoms with Gasteiger partial charge in [-0.3, -0.25) is 25.2 Å². The van der Waals surface area contributed by atoms with Gasteiger partial charge in [0.15, 0.2) is 0 Å². The van der Waals surface area contributed by atoms with E-state index in [1.165, 1.54) is 36.6 Å². The molecule has 0 heterocycles. The quantitative estimate of drug-likeness (QED) is 0.459. The van der Waals surface area contributed by atoms with Gasteiger partial charge in [0.1, 0.15) is 0 Å². The van der Waals surface area contributed by atoms with Crippen LogP contribution in [0.3, 0.4) is 0 Å². The first-order valence-corrected chi connectivity index (χ1v) is 12.0. The zero-order chi connectivity index (χ0) is 21.1. The van der Waals surface area contributed by atoms with Crippen LogP contribution in [0.15, 0.2) is 29.2 Å². The largest absolute Gasteiger partial charge is 0.355 e. The first-order chi connectivity index (χ1) is 14.4. The smallest absolute Gasteiger partial charge is 0.248 e. The number of hydrogen-bond acceptors (Lipinski definition) is 4. The van der Waals surface area contributed by atoms with Gasteiger partial charge in [-0.25, -0.2) is 0 Å². The summed E-state index contributed by atoms with van der Waals surface area (Å²) >= 11 is 1.42. The van der Waals surface area contributed by atoms with E-state index in [2.05, 4.69) is 16.2 Å². The van der Waals surface area contributed by atoms with Crippen LogP contribution in [0.1, 0.15) is 50.5 Å². The predicted octanol–water partition coefficient (Wildman–Crippen LogP) is 2.96. The third-order valence-corrected chi connectivity index (χ3v) is 7.90. The number of hydrazine groups is 1. The number of thioether (sulfide) groups is 1. The molecule has 3 N–H and O–H groups in total. The molecular formula is C23H31N3O3S. The van der Waals surface area contributed by atoms with E-state index in [4.69, 9.17) is 0 Å². The van der Waals surface area contributed by atoms with Crippen LogP contribution in [-0.4, -0.2) is 30.0 Å². The minimum absolute atomic E-state index is 0.132. The van der Waals surface area contributed by atoms with Crippen LogP contribution in [0.2, 0.25) is 0 Å². The SMILES string of the molecule is Cc1ccc(SCC(=O)NNC(=O)CCNC(=O)C23CC4CC(CC(C4)C2)C3)cc1. The zero-order valence-electron chi connectivity index (χ0n) is 17.5. The normalized spacial score (nSPS) is 28.8. The summed E-state index contributed by atoms with van der Waals surface area (Å²) in [5.41, 5.74) is 5.86. The Hall–Kier alpha value is -2.02. The Balaban J connectivity index is 1.13. The van der Waals surface area contributed by atoms with E-state index in [1.54, 1.807) is 0 Å². The van der Waals surface area contributed by atoms with E-state index in [0.717, 1.165) is 41.9 Å². The van der Waals surface area contributed by atoms with E-state index < -0.39 is 0 Å². The number of aryl methyl sites for hydroxylation is 1. The van der Waals surface area contributed by atoms with E-state index in [-0.39, 0.29) is 35.3 Å². The minimum Gasteiger partial charge on any atom is -0.355 e. The van der Waals surface area contributed by atoms with Gasteiger partial charge in [0, 0.05) is 23.3 Å². The number of rotatable bonds is 7. The van der Waals surface area contributed by atoms with Crippen molar-refractivity contribution < 1.29 is 14.4 Å². The number of hydrogen-bond donors (Lipinski definition) is 3. The molecule has 0 atom stereocenters. The summed E-state index contributed by atoms with van der Waals surface area (Å²) in [7, 11) is 0. The number of benzene rings is 1. The number of carbonyl (C=O) groups excluding carboxylic acids is 3. The summed E-state index contributed by atoms with van der Waals surface area (Å²) in [5.74, 6) is 1.97. The summed E-state index contributed by atoms with van der Waals surface area (Å²) in [5, 5.41) is 2.99. The van der Waals surface area contributed by atoms with Crippen LogP contribution in [-0.2, 0) is 14.4 Å². The highest BCUT2D eigenvalue weighted by atomic mass is 32.2. The molecule has 0 aromatic heterocycles. The lowest BCUT2D eigenvalue weighted by atomic mass is 9.49. The Morgan fingerprint density at radius 1 is 0.933 bits per heavy atom. The third kappa shape index (κ3) is 4.99. The van der Waals surface area contributed by atoms with E-state index in [0.29, 0.717) is 6.54 Å². The lowest BCUT2D eigenvalue weighted by molar-refractivity contribution is -0.146. The van der Waals surface area contributed by atoms with Crippen molar-refractivity contribution in [3.8, 4) is 0 Å². The molecule has 0 unspecified atom stereocenters. The highest BCUT2D eigenvalue weighted by molar-refractivity contribution is 8.00. The molecule has 0 radical (unpaired) electrons. The van der Waals surface area contributed by atoms with Crippen molar-refractivity contribution in [2.24, 2.45) is 23.2 Å². The van der Waals surface area contributed by atoms with Crippen molar-refractivity contribution in [3.05, 3.63) is 29.8 Å². The van der Waals surface area contributed by atoms with Crippen LogP contribution in [0.4, 0.5) is 0 Å². The number of amides is 3. The van der Waals surface area contributed by atoms with Crippen molar-refractivity contribution in [1.82, 2.24) is 16.2 Å². The molecule has 0 saturated heterocycles. The van der Waals surface area contributed by atoms with Gasteiger partial charge in [-0.1, -0.05) is 17.7 Å². The Kier molecular flexibility index (Phi) is 6.37. The van der Waals surface area contributed by atoms with Gasteiger partial charge >= 0.3 is 0 Å². The molecular weight excluding hydrogens is 398 g/mol. The monoisotopic (exact) mass is 429 g/mol. The second-order valence-electron chi connectivity index (χ2n) is 9.40. The summed E-state index contributed by atoms with van der Waals surface area (Å²) in [4.78, 5) is 37.8. The third-order valence-electron chi connectivity index (χ3n) is 6.89. The lowest BCUT2D eigenvalue weighted by Crippen LogP contribution is -2.54. The molecule has 1 aromatic carbocycles. The molecule has 1 aromatic rings. The minimum atomic E-state index is -0.297. The fraction of sp³-hybridized carbons (Fsp3) is 0.609. The molecule has 4 aliphatic rings. The molecule has 4 bridgehead atoms. The topological polar surface area (TPSA) is 87.3 Å². The van der Waals surface area contributed by atoms with Crippen molar-refractivity contribution in [2.45, 2.75) is 56.8 Å². The Morgan fingerprint density at radius 3 is 2.10 bits per heavy atom. The second kappa shape index (κ2) is 9.00. The second-order valence-corrected chi connectivity index (χ2v) is 10.5. The zero-order valence-corrected chi connectivity index (χ0v) is 18.4. The number of carbonyl (C=O) groups is 3. The Bertz CT molecular complexity index is 773. The average Bonchev–Trinajstić information content (AvgIpc) is 2.71. The summed E-state index contributed by atoms with van der Waals surface area (Å²) in [6.45, 7) is 2.32. The highest BCUT2D eigenvalue weighted by Gasteiger charge is 2.54. The maximum Gasteiger partial charge on any atom is 0.248 e. The predicted molar refractivity (Wildman–Crippen MR) is 116 cm³/mol. The molecule has 4 saturated carbocycles. The first kappa shape index (κ1) is 21.2. The van der Waals surface area contributed by atoms with Crippen molar-refractivity contribution in [3.63, 3.8) is 0 Å². The average molecular weight is 430 g/mol. The molecule has 4 fully saturated rings. The van der Waals surface area contributed by atoms with Crippen molar-refractivity contribution in [1.29, 1.82) is 0 Å². The Morgan fingerprint density at radius 2 is 1.50 bits per heavy atom. The fourth-order valence-electron chi connectivity index (χ4n) is 5.89. The van der Waals surface area contributed by atoms with Gasteiger partial charge < -0.3 is 5.32 Å². The van der Waals surface area contributed by atoms with Gasteiger partial charge in [-0.05, 0) is 75.3 Å². The van der Waals surface area contributed by atoms with Crippen LogP contribution >= 0.6 is 11.8 Å². The molecule has 4 aliphatic carbocycles. The maximum atomic E-state index is 12.9. The molecule has 5 rings (SSSR count). The van der Waals surface area contributed by atoms with Crippen molar-refractivity contribution >= 4 is 29.5 Å². The van der Waals surface area contributed by atoms with Crippen LogP contribution in [0.25, 0.3) is 0 Å². The maximum absolute atomic E-state index is 12.9. The van der Waals surface area contributed by atoms with Crippen molar-refractivity contribution in [2.75, 3.05) is 12.3 Å². The standard InChI is InChI=1S/C23H31N3O3S/c1-15-2-4-19(5-3-15)30-14-21(28)26-25-20(27)6-7-24-22(29)23-11-16-8-17(12-23)10-18(9-16)13-23/h2-5,16-18H,6-14H2,1H3,(H,24,29)(H,25,27)(H,26,28). The first-order valence-electron chi connectivity index (χ1n) is 11.0. The molecule has 7 heteroatoms. The van der Waals surface area contributed by atoms with Crippen LogP contribution < -0.4 is 16.2 Å². The molecule has 30 heavy (non-hydrogen) atoms. The molecule has 3 amide bonds. The van der Waals surface area contributed by atoms with Gasteiger partial charge in [-0.2, -0.15) is 0 Å². The van der Waals surface area contributed by atoms with Gasteiger partial charge in [-0.15, -0.1) is 11.8 Å². The van der Waals surface area contributed by atoms with Crippen LogP contribution in [0, 0.1) is 30.1 Å². The molecule has 0 aliphatic heterocycles. The summed E-state index contributed by atoms with van der Waals surface area (Å²) < 4.78 is 0. The molecule has 0 spiro atoms. The highest BCUT2D eigenvalue weighted by Crippen LogP contribution is 2.60. The molecule has 162 valence electrons. The van der Waals surface area contributed by atoms with Crippen LogP contribution in [0.5, 0.6) is 0 Å². The van der Waals surface area contributed by atoms with Gasteiger partial charge in [0.05, 0.1) is 5.75 Å². The number of nitrogens with one attached hydrogen (secondary N) is 3. The molecule has 6 nitrogen and oxygen atoms in total. The van der Waals surface area contributed by atoms with E-state index in [1.807, 2.05) is 31.2 Å². The van der Waals surface area contributed by atoms with Gasteiger partial charge in [0.2, 0.25) is 17.7 Å². The van der Waals surface area contributed by atoms with Gasteiger partial charge in [0.25, 0.3) is 0 Å². The summed E-state index contributed by atoms with van der Waals surface area (Å²) in [6.07, 6.45) is 7.12. The fourth-order valence-corrected chi connectivity index (χ4v) is 6.59. The Labute approximate surface area is 182 Å². The van der Waals surface area contributed by atoms with E-state index in [9.17, 15) is 14.4 Å². The van der Waals surface area contributed by atoms with E-state index >= 15 is 0 Å².